The Morgan fingerprint density at radius 2 is 1.68 bits per heavy atom. The number of para-hydroxylation sites is 1. The first-order chi connectivity index (χ1) is 19.7. The van der Waals surface area contributed by atoms with Gasteiger partial charge in [-0.25, -0.2) is 4.68 Å². The molecule has 1 atom stereocenters. The Morgan fingerprint density at radius 1 is 1.00 bits per heavy atom. The predicted molar refractivity (Wildman–Crippen MR) is 160 cm³/mol. The van der Waals surface area contributed by atoms with E-state index in [9.17, 15) is 9.59 Å². The van der Waals surface area contributed by atoms with Gasteiger partial charge in [0.1, 0.15) is 18.1 Å². The number of aromatic nitrogens is 3. The molecular weight excluding hydrogens is 540 g/mol. The van der Waals surface area contributed by atoms with E-state index in [1.807, 2.05) is 87.5 Å². The second-order valence-electron chi connectivity index (χ2n) is 11.2. The van der Waals surface area contributed by atoms with E-state index in [0.717, 1.165) is 29.9 Å². The van der Waals surface area contributed by atoms with Gasteiger partial charge in [0, 0.05) is 35.9 Å². The fourth-order valence-corrected chi connectivity index (χ4v) is 5.18. The fraction of sp³-hybridized carbons (Fsp3) is 0.355. The van der Waals surface area contributed by atoms with E-state index >= 15 is 0 Å². The number of carbonyl (C=O) groups excluding carboxylic acids is 2. The van der Waals surface area contributed by atoms with Crippen molar-refractivity contribution in [3.05, 3.63) is 88.9 Å². The van der Waals surface area contributed by atoms with Crippen molar-refractivity contribution in [3.8, 4) is 0 Å². The fourth-order valence-electron chi connectivity index (χ4n) is 4.99. The molecule has 1 N–H and O–H groups in total. The second-order valence-corrected chi connectivity index (χ2v) is 11.6. The molecule has 0 aliphatic carbocycles. The van der Waals surface area contributed by atoms with Crippen LogP contribution in [0.3, 0.4) is 0 Å². The predicted octanol–water partition coefficient (Wildman–Crippen LogP) is 4.61. The quantitative estimate of drug-likeness (QED) is 0.330. The monoisotopic (exact) mass is 574 g/mol. The van der Waals surface area contributed by atoms with Crippen LogP contribution in [0.1, 0.15) is 37.9 Å². The Morgan fingerprint density at radius 3 is 2.39 bits per heavy atom. The summed E-state index contributed by atoms with van der Waals surface area (Å²) in [6, 6.07) is 21.8. The van der Waals surface area contributed by atoms with Gasteiger partial charge in [-0.15, -0.1) is 5.10 Å². The second kappa shape index (κ2) is 12.3. The first-order valence-electron chi connectivity index (χ1n) is 13.8. The van der Waals surface area contributed by atoms with Gasteiger partial charge in [-0.1, -0.05) is 59.3 Å². The molecule has 2 amide bonds. The molecule has 9 nitrogen and oxygen atoms in total. The number of hydrogen-bond donors (Lipinski definition) is 1. The maximum atomic E-state index is 14.2. The van der Waals surface area contributed by atoms with Crippen molar-refractivity contribution < 1.29 is 14.3 Å². The molecule has 10 heteroatoms. The highest BCUT2D eigenvalue weighted by molar-refractivity contribution is 6.31. The SMILES string of the molecule is CC(C)(C)NC(=O)C(c1ccc(N2CCOCC2)cc1)N(Cc1ccccc1Cl)C(=O)Cn1nnc2ccccc21. The van der Waals surface area contributed by atoms with Gasteiger partial charge in [-0.3, -0.25) is 9.59 Å². The third kappa shape index (κ3) is 6.86. The number of carbonyl (C=O) groups is 2. The zero-order chi connectivity index (χ0) is 29.0. The Bertz CT molecular complexity index is 1510. The molecule has 0 saturated carbocycles. The van der Waals surface area contributed by atoms with E-state index in [-0.39, 0.29) is 24.9 Å². The van der Waals surface area contributed by atoms with Crippen molar-refractivity contribution in [1.82, 2.24) is 25.2 Å². The number of nitrogens with zero attached hydrogens (tertiary/aromatic N) is 5. The third-order valence-electron chi connectivity index (χ3n) is 6.97. The zero-order valence-electron chi connectivity index (χ0n) is 23.6. The minimum atomic E-state index is -0.911. The number of fused-ring (bicyclic) bond motifs is 1. The molecule has 0 radical (unpaired) electrons. The van der Waals surface area contributed by atoms with E-state index in [4.69, 9.17) is 16.3 Å². The Hall–Kier alpha value is -3.95. The minimum absolute atomic E-state index is 0.0872. The molecule has 5 rings (SSSR count). The molecule has 214 valence electrons. The van der Waals surface area contributed by atoms with E-state index in [1.165, 1.54) is 0 Å². The van der Waals surface area contributed by atoms with Crippen molar-refractivity contribution in [2.45, 2.75) is 45.4 Å². The van der Waals surface area contributed by atoms with Crippen LogP contribution in [-0.2, 0) is 27.4 Å². The molecule has 1 aliphatic rings. The first kappa shape index (κ1) is 28.6. The summed E-state index contributed by atoms with van der Waals surface area (Å²) in [6.07, 6.45) is 0. The van der Waals surface area contributed by atoms with E-state index in [0.29, 0.717) is 29.3 Å². The average molecular weight is 575 g/mol. The number of hydrogen-bond acceptors (Lipinski definition) is 6. The average Bonchev–Trinajstić information content (AvgIpc) is 3.36. The summed E-state index contributed by atoms with van der Waals surface area (Å²) in [4.78, 5) is 32.0. The van der Waals surface area contributed by atoms with Crippen LogP contribution >= 0.6 is 11.6 Å². The van der Waals surface area contributed by atoms with Gasteiger partial charge in [0.05, 0.1) is 18.7 Å². The lowest BCUT2D eigenvalue weighted by molar-refractivity contribution is -0.142. The van der Waals surface area contributed by atoms with Crippen LogP contribution in [0, 0.1) is 0 Å². The highest BCUT2D eigenvalue weighted by Gasteiger charge is 2.34. The number of anilines is 1. The van der Waals surface area contributed by atoms with Crippen LogP contribution < -0.4 is 10.2 Å². The minimum Gasteiger partial charge on any atom is -0.378 e. The Balaban J connectivity index is 1.54. The lowest BCUT2D eigenvalue weighted by atomic mass is 10.00. The zero-order valence-corrected chi connectivity index (χ0v) is 24.3. The number of nitrogens with one attached hydrogen (secondary N) is 1. The summed E-state index contributed by atoms with van der Waals surface area (Å²) in [5.74, 6) is -0.563. The largest absolute Gasteiger partial charge is 0.378 e. The third-order valence-corrected chi connectivity index (χ3v) is 7.34. The van der Waals surface area contributed by atoms with E-state index < -0.39 is 11.6 Å². The number of benzene rings is 3. The summed E-state index contributed by atoms with van der Waals surface area (Å²) in [6.45, 7) is 8.77. The van der Waals surface area contributed by atoms with E-state index in [2.05, 4.69) is 20.5 Å². The molecule has 1 unspecified atom stereocenters. The van der Waals surface area contributed by atoms with Gasteiger partial charge in [0.25, 0.3) is 0 Å². The normalized spacial score (nSPS) is 14.6. The van der Waals surface area contributed by atoms with Gasteiger partial charge in [0.15, 0.2) is 0 Å². The number of ether oxygens (including phenoxy) is 1. The number of amides is 2. The molecule has 1 aliphatic heterocycles. The van der Waals surface area contributed by atoms with Gasteiger partial charge in [-0.05, 0) is 62.2 Å². The summed E-state index contributed by atoms with van der Waals surface area (Å²) in [5, 5.41) is 12.0. The van der Waals surface area contributed by atoms with Gasteiger partial charge < -0.3 is 19.9 Å². The topological polar surface area (TPSA) is 92.6 Å². The number of rotatable bonds is 8. The molecule has 3 aromatic carbocycles. The van der Waals surface area contributed by atoms with Crippen molar-refractivity contribution in [3.63, 3.8) is 0 Å². The van der Waals surface area contributed by atoms with Gasteiger partial charge >= 0.3 is 0 Å². The molecule has 41 heavy (non-hydrogen) atoms. The van der Waals surface area contributed by atoms with Gasteiger partial charge in [-0.2, -0.15) is 0 Å². The summed E-state index contributed by atoms with van der Waals surface area (Å²) >= 11 is 6.56. The molecule has 1 saturated heterocycles. The van der Waals surface area contributed by atoms with Crippen LogP contribution in [0.25, 0.3) is 11.0 Å². The molecule has 0 bridgehead atoms. The van der Waals surface area contributed by atoms with Crippen molar-refractivity contribution in [2.75, 3.05) is 31.2 Å². The Labute approximate surface area is 245 Å². The van der Waals surface area contributed by atoms with Crippen LogP contribution in [-0.4, -0.2) is 63.6 Å². The lowest BCUT2D eigenvalue weighted by Crippen LogP contribution is -2.49. The summed E-state index contributed by atoms with van der Waals surface area (Å²) in [5.41, 5.74) is 3.41. The number of halogens is 1. The van der Waals surface area contributed by atoms with Crippen LogP contribution in [0.4, 0.5) is 5.69 Å². The van der Waals surface area contributed by atoms with E-state index in [1.54, 1.807) is 15.6 Å². The number of morpholine rings is 1. The van der Waals surface area contributed by atoms with Crippen molar-refractivity contribution in [1.29, 1.82) is 0 Å². The lowest BCUT2D eigenvalue weighted by Gasteiger charge is -2.34. The van der Waals surface area contributed by atoms with Gasteiger partial charge in [0.2, 0.25) is 11.8 Å². The highest BCUT2D eigenvalue weighted by atomic mass is 35.5. The molecule has 0 spiro atoms. The highest BCUT2D eigenvalue weighted by Crippen LogP contribution is 2.29. The maximum absolute atomic E-state index is 14.2. The molecule has 1 aromatic heterocycles. The summed E-state index contributed by atoms with van der Waals surface area (Å²) in [7, 11) is 0. The molecule has 1 fully saturated rings. The standard InChI is InChI=1S/C31H35ClN6O3/c1-31(2,3)33-30(40)29(22-12-14-24(15-13-22)36-16-18-41-19-17-36)37(20-23-8-4-5-9-25(23)32)28(39)21-38-27-11-7-6-10-26(27)34-35-38/h4-15,29H,16-21H2,1-3H3,(H,33,40). The molecule has 2 heterocycles. The van der Waals surface area contributed by atoms with Crippen LogP contribution in [0.5, 0.6) is 0 Å². The summed E-state index contributed by atoms with van der Waals surface area (Å²) < 4.78 is 7.06. The molecular formula is C31H35ClN6O3. The van der Waals surface area contributed by atoms with Crippen molar-refractivity contribution in [2.24, 2.45) is 0 Å². The first-order valence-corrected chi connectivity index (χ1v) is 14.1. The molecule has 4 aromatic rings. The van der Waals surface area contributed by atoms with Crippen molar-refractivity contribution >= 4 is 40.1 Å². The smallest absolute Gasteiger partial charge is 0.247 e. The maximum Gasteiger partial charge on any atom is 0.247 e. The Kier molecular flexibility index (Phi) is 8.56. The van der Waals surface area contributed by atoms with Crippen LogP contribution in [0.2, 0.25) is 5.02 Å². The van der Waals surface area contributed by atoms with Crippen LogP contribution in [0.15, 0.2) is 72.8 Å².